The van der Waals surface area contributed by atoms with Crippen molar-refractivity contribution in [2.75, 3.05) is 36.4 Å². The van der Waals surface area contributed by atoms with Crippen molar-refractivity contribution >= 4 is 17.4 Å². The monoisotopic (exact) mass is 453 g/mol. The van der Waals surface area contributed by atoms with Crippen molar-refractivity contribution in [3.05, 3.63) is 59.2 Å². The van der Waals surface area contributed by atoms with Gasteiger partial charge in [0.25, 0.3) is 0 Å². The van der Waals surface area contributed by atoms with Gasteiger partial charge in [-0.1, -0.05) is 0 Å². The molecular weight excluding hydrogens is 438 g/mol. The first-order valence-corrected chi connectivity index (χ1v) is 8.90. The zero-order valence-corrected chi connectivity index (χ0v) is 15.6. The number of anilines is 2. The van der Waals surface area contributed by atoms with Crippen LogP contribution in [0.2, 0.25) is 0 Å². The van der Waals surface area contributed by atoms with Crippen LogP contribution < -0.4 is 10.2 Å². The fraction of sp³-hybridized carbons (Fsp3) is 0.316. The Bertz CT molecular complexity index is 933. The lowest BCUT2D eigenvalue weighted by Gasteiger charge is -2.36. The summed E-state index contributed by atoms with van der Waals surface area (Å²) in [6, 6.07) is 3.12. The summed E-state index contributed by atoms with van der Waals surface area (Å²) in [4.78, 5) is 14.8. The first-order valence-electron chi connectivity index (χ1n) is 8.90. The maximum Gasteiger partial charge on any atom is 0.416 e. The van der Waals surface area contributed by atoms with Crippen LogP contribution in [-0.4, -0.2) is 37.1 Å². The van der Waals surface area contributed by atoms with Gasteiger partial charge in [0.15, 0.2) is 0 Å². The van der Waals surface area contributed by atoms with Gasteiger partial charge in [0.1, 0.15) is 11.6 Å². The van der Waals surface area contributed by atoms with E-state index in [2.05, 4.69) is 5.32 Å². The van der Waals surface area contributed by atoms with E-state index >= 15 is 0 Å². The van der Waals surface area contributed by atoms with Crippen LogP contribution in [-0.2, 0) is 12.4 Å². The number of urea groups is 1. The number of carbonyl (C=O) groups is 1. The summed E-state index contributed by atoms with van der Waals surface area (Å²) in [7, 11) is 0. The molecule has 2 amide bonds. The van der Waals surface area contributed by atoms with E-state index in [4.69, 9.17) is 0 Å². The minimum Gasteiger partial charge on any atom is -0.368 e. The van der Waals surface area contributed by atoms with Crippen LogP contribution in [0.5, 0.6) is 0 Å². The summed E-state index contributed by atoms with van der Waals surface area (Å²) in [6.45, 7) is -0.158. The third-order valence-electron chi connectivity index (χ3n) is 4.68. The third-order valence-corrected chi connectivity index (χ3v) is 4.68. The maximum absolute atomic E-state index is 13.7. The molecule has 3 rings (SSSR count). The summed E-state index contributed by atoms with van der Waals surface area (Å²) < 4.78 is 105. The van der Waals surface area contributed by atoms with Gasteiger partial charge in [-0.25, -0.2) is 13.6 Å². The van der Waals surface area contributed by atoms with E-state index in [1.807, 2.05) is 0 Å². The molecule has 1 aliphatic rings. The second-order valence-corrected chi connectivity index (χ2v) is 6.79. The van der Waals surface area contributed by atoms with Gasteiger partial charge in [-0.2, -0.15) is 26.3 Å². The molecule has 31 heavy (non-hydrogen) atoms. The highest BCUT2D eigenvalue weighted by atomic mass is 19.4. The Balaban J connectivity index is 1.72. The smallest absolute Gasteiger partial charge is 0.368 e. The number of amides is 2. The molecule has 2 aromatic carbocycles. The van der Waals surface area contributed by atoms with E-state index in [1.54, 1.807) is 0 Å². The lowest BCUT2D eigenvalue weighted by atomic mass is 10.1. The van der Waals surface area contributed by atoms with Gasteiger partial charge in [-0.05, 0) is 30.3 Å². The second-order valence-electron chi connectivity index (χ2n) is 6.79. The summed E-state index contributed by atoms with van der Waals surface area (Å²) >= 11 is 0. The van der Waals surface area contributed by atoms with Gasteiger partial charge in [0.05, 0.1) is 16.8 Å². The number of alkyl halides is 6. The zero-order valence-electron chi connectivity index (χ0n) is 15.6. The normalized spacial score (nSPS) is 15.2. The Kier molecular flexibility index (Phi) is 6.01. The predicted octanol–water partition coefficient (Wildman–Crippen LogP) is 5.36. The number of halogens is 8. The second kappa shape index (κ2) is 8.23. The molecule has 0 saturated carbocycles. The molecule has 12 heteroatoms. The molecule has 168 valence electrons. The minimum absolute atomic E-state index is 0.0355. The minimum atomic E-state index is -4.96. The van der Waals surface area contributed by atoms with Gasteiger partial charge >= 0.3 is 18.4 Å². The van der Waals surface area contributed by atoms with E-state index in [1.165, 1.54) is 9.80 Å². The highest BCUT2D eigenvalue weighted by Crippen LogP contribution is 2.38. The van der Waals surface area contributed by atoms with Crippen LogP contribution in [0.4, 0.5) is 51.3 Å². The summed E-state index contributed by atoms with van der Waals surface area (Å²) in [5, 5.41) is 2.25. The first-order chi connectivity index (χ1) is 14.3. The fourth-order valence-corrected chi connectivity index (χ4v) is 3.07. The molecule has 0 bridgehead atoms. The highest BCUT2D eigenvalue weighted by molar-refractivity contribution is 5.89. The number of benzene rings is 2. The van der Waals surface area contributed by atoms with E-state index in [0.717, 1.165) is 12.1 Å². The third kappa shape index (κ3) is 5.36. The fourth-order valence-electron chi connectivity index (χ4n) is 3.07. The lowest BCUT2D eigenvalue weighted by Crippen LogP contribution is -2.50. The first kappa shape index (κ1) is 22.6. The van der Waals surface area contributed by atoms with Crippen LogP contribution >= 0.6 is 0 Å². The van der Waals surface area contributed by atoms with E-state index in [0.29, 0.717) is 18.2 Å². The van der Waals surface area contributed by atoms with Crippen molar-refractivity contribution in [2.24, 2.45) is 0 Å². The Morgan fingerprint density at radius 1 is 0.806 bits per heavy atom. The molecule has 0 unspecified atom stereocenters. The van der Waals surface area contributed by atoms with Gasteiger partial charge in [-0.3, -0.25) is 0 Å². The van der Waals surface area contributed by atoms with E-state index < -0.39 is 41.1 Å². The van der Waals surface area contributed by atoms with Crippen molar-refractivity contribution in [1.29, 1.82) is 0 Å². The zero-order chi connectivity index (χ0) is 23.0. The van der Waals surface area contributed by atoms with Crippen molar-refractivity contribution in [2.45, 2.75) is 12.4 Å². The number of nitrogens with zero attached hydrogens (tertiary/aromatic N) is 2. The maximum atomic E-state index is 13.7. The lowest BCUT2D eigenvalue weighted by molar-refractivity contribution is -0.143. The molecule has 0 atom stereocenters. The topological polar surface area (TPSA) is 35.6 Å². The Hall–Kier alpha value is -3.05. The molecule has 0 aromatic heterocycles. The largest absolute Gasteiger partial charge is 0.416 e. The summed E-state index contributed by atoms with van der Waals surface area (Å²) in [5.74, 6) is -1.82. The number of carbonyl (C=O) groups excluding carboxylic acids is 1. The van der Waals surface area contributed by atoms with Gasteiger partial charge < -0.3 is 15.1 Å². The van der Waals surface area contributed by atoms with Crippen molar-refractivity contribution < 1.29 is 39.9 Å². The van der Waals surface area contributed by atoms with Crippen LogP contribution in [0.3, 0.4) is 0 Å². The van der Waals surface area contributed by atoms with Crippen LogP contribution in [0.15, 0.2) is 36.4 Å². The average Bonchev–Trinajstić information content (AvgIpc) is 2.68. The predicted molar refractivity (Wildman–Crippen MR) is 95.6 cm³/mol. The number of rotatable bonds is 2. The Morgan fingerprint density at radius 2 is 1.35 bits per heavy atom. The molecule has 1 heterocycles. The molecule has 1 fully saturated rings. The molecule has 0 radical (unpaired) electrons. The number of piperazine rings is 1. The van der Waals surface area contributed by atoms with Crippen LogP contribution in [0.1, 0.15) is 11.1 Å². The molecule has 1 saturated heterocycles. The molecule has 0 aliphatic carbocycles. The molecule has 2 aromatic rings. The van der Waals surface area contributed by atoms with Gasteiger partial charge in [0, 0.05) is 37.9 Å². The highest BCUT2D eigenvalue weighted by Gasteiger charge is 2.37. The van der Waals surface area contributed by atoms with Gasteiger partial charge in [-0.15, -0.1) is 0 Å². The standard InChI is InChI=1S/C19H15F8N3O/c20-13-1-2-16(15(21)10-13)28-17(31)30-5-3-29(4-6-30)14-8-11(18(22,23)24)7-12(9-14)19(25,26)27/h1-2,7-10H,3-6H2,(H,28,31). The quantitative estimate of drug-likeness (QED) is 0.622. The number of nitrogens with one attached hydrogen (secondary N) is 1. The van der Waals surface area contributed by atoms with E-state index in [9.17, 15) is 39.9 Å². The SMILES string of the molecule is O=C(Nc1ccc(F)cc1F)N1CCN(c2cc(C(F)(F)F)cc(C(F)(F)F)c2)CC1. The summed E-state index contributed by atoms with van der Waals surface area (Å²) in [6.07, 6.45) is -9.92. The molecule has 4 nitrogen and oxygen atoms in total. The number of hydrogen-bond acceptors (Lipinski definition) is 2. The van der Waals surface area contributed by atoms with Crippen LogP contribution in [0, 0.1) is 11.6 Å². The van der Waals surface area contributed by atoms with Crippen molar-refractivity contribution in [3.8, 4) is 0 Å². The van der Waals surface area contributed by atoms with E-state index in [-0.39, 0.29) is 43.6 Å². The summed E-state index contributed by atoms with van der Waals surface area (Å²) in [5.41, 5.74) is -3.39. The average molecular weight is 453 g/mol. The molecule has 1 N–H and O–H groups in total. The molecular formula is C19H15F8N3O. The molecule has 1 aliphatic heterocycles. The van der Waals surface area contributed by atoms with Crippen molar-refractivity contribution in [3.63, 3.8) is 0 Å². The number of hydrogen-bond donors (Lipinski definition) is 1. The molecule has 0 spiro atoms. The Morgan fingerprint density at radius 3 is 1.84 bits per heavy atom. The van der Waals surface area contributed by atoms with Crippen LogP contribution in [0.25, 0.3) is 0 Å². The van der Waals surface area contributed by atoms with Crippen molar-refractivity contribution in [1.82, 2.24) is 4.90 Å². The van der Waals surface area contributed by atoms with Gasteiger partial charge in [0.2, 0.25) is 0 Å². The Labute approximate surface area is 171 Å².